The molecule has 0 saturated carbocycles. The first-order chi connectivity index (χ1) is 27.7. The highest BCUT2D eigenvalue weighted by Gasteiger charge is 2.40. The van der Waals surface area contributed by atoms with Gasteiger partial charge in [-0.15, -0.1) is 0 Å². The predicted molar refractivity (Wildman–Crippen MR) is 219 cm³/mol. The summed E-state index contributed by atoms with van der Waals surface area (Å²) in [7, 11) is 1.90. The predicted octanol–water partition coefficient (Wildman–Crippen LogP) is 4.66. The Balaban J connectivity index is 0.740. The number of aromatic nitrogens is 5. The van der Waals surface area contributed by atoms with Crippen LogP contribution >= 0.6 is 0 Å². The Morgan fingerprint density at radius 2 is 1.58 bits per heavy atom. The topological polar surface area (TPSA) is 157 Å². The highest BCUT2D eigenvalue weighted by molar-refractivity contribution is 6.05. The molecule has 0 radical (unpaired) electrons. The number of nitrogens with one attached hydrogen (secondary N) is 3. The molecule has 0 spiro atoms. The molecule has 2 aromatic carbocycles. The minimum absolute atomic E-state index is 0.187. The Morgan fingerprint density at radius 1 is 0.825 bits per heavy atom. The van der Waals surface area contributed by atoms with E-state index in [1.807, 2.05) is 25.4 Å². The molecule has 3 N–H and O–H groups in total. The number of fused-ring (bicyclic) bond motifs is 2. The van der Waals surface area contributed by atoms with Crippen LogP contribution in [0.5, 0.6) is 0 Å². The highest BCUT2D eigenvalue weighted by Crippen LogP contribution is 2.32. The van der Waals surface area contributed by atoms with Crippen molar-refractivity contribution in [2.24, 2.45) is 13.0 Å². The van der Waals surface area contributed by atoms with Gasteiger partial charge in [0.05, 0.1) is 23.2 Å². The average Bonchev–Trinajstić information content (AvgIpc) is 3.71. The van der Waals surface area contributed by atoms with Gasteiger partial charge < -0.3 is 25.3 Å². The van der Waals surface area contributed by atoms with Crippen LogP contribution in [0.15, 0.2) is 60.8 Å². The first-order valence-corrected chi connectivity index (χ1v) is 19.9. The minimum atomic E-state index is -0.628. The number of pyridine rings is 1. The third-order valence-corrected chi connectivity index (χ3v) is 12.0. The van der Waals surface area contributed by atoms with E-state index in [0.717, 1.165) is 104 Å². The summed E-state index contributed by atoms with van der Waals surface area (Å²) < 4.78 is 1.78. The molecule has 0 bridgehead atoms. The summed E-state index contributed by atoms with van der Waals surface area (Å²) in [6.07, 6.45) is 4.60. The Labute approximate surface area is 331 Å². The van der Waals surface area contributed by atoms with E-state index < -0.39 is 11.9 Å². The minimum Gasteiger partial charge on any atom is -0.369 e. The molecular weight excluding hydrogens is 721 g/mol. The molecule has 4 aliphatic heterocycles. The van der Waals surface area contributed by atoms with E-state index in [-0.39, 0.29) is 18.2 Å². The number of imide groups is 1. The lowest BCUT2D eigenvalue weighted by atomic mass is 9.95. The van der Waals surface area contributed by atoms with Crippen molar-refractivity contribution in [1.82, 2.24) is 39.8 Å². The number of rotatable bonds is 9. The first kappa shape index (κ1) is 36.5. The number of hydrogen-bond donors (Lipinski definition) is 3. The maximum Gasteiger partial charge on any atom is 0.256 e. The van der Waals surface area contributed by atoms with E-state index in [9.17, 15) is 14.4 Å². The summed E-state index contributed by atoms with van der Waals surface area (Å²) in [5.41, 5.74) is 7.51. The largest absolute Gasteiger partial charge is 0.369 e. The molecule has 1 atom stereocenters. The lowest BCUT2D eigenvalue weighted by Gasteiger charge is -2.40. The second kappa shape index (κ2) is 15.1. The van der Waals surface area contributed by atoms with Crippen molar-refractivity contribution >= 4 is 63.4 Å². The molecule has 7 heterocycles. The van der Waals surface area contributed by atoms with Crippen LogP contribution in [0.25, 0.3) is 11.0 Å². The smallest absolute Gasteiger partial charge is 0.256 e. The number of para-hydroxylation sites is 1. The highest BCUT2D eigenvalue weighted by atomic mass is 16.2. The van der Waals surface area contributed by atoms with Crippen LogP contribution in [0, 0.1) is 19.8 Å². The van der Waals surface area contributed by atoms with Gasteiger partial charge in [0, 0.05) is 82.5 Å². The van der Waals surface area contributed by atoms with E-state index in [4.69, 9.17) is 15.1 Å². The van der Waals surface area contributed by atoms with Crippen LogP contribution in [0.1, 0.15) is 52.9 Å². The third kappa shape index (κ3) is 7.34. The van der Waals surface area contributed by atoms with Crippen molar-refractivity contribution < 1.29 is 14.4 Å². The van der Waals surface area contributed by atoms with Gasteiger partial charge in [-0.3, -0.25) is 24.6 Å². The summed E-state index contributed by atoms with van der Waals surface area (Å²) in [6.45, 7) is 11.4. The number of piperazine rings is 1. The summed E-state index contributed by atoms with van der Waals surface area (Å²) >= 11 is 0. The number of nitrogens with zero attached hydrogens (tertiary/aromatic N) is 9. The summed E-state index contributed by atoms with van der Waals surface area (Å²) in [4.78, 5) is 60.4. The summed E-state index contributed by atoms with van der Waals surface area (Å²) in [5.74, 6) is 1.90. The number of aryl methyl sites for hydroxylation is 3. The van der Waals surface area contributed by atoms with Crippen molar-refractivity contribution in [3.63, 3.8) is 0 Å². The lowest BCUT2D eigenvalue weighted by molar-refractivity contribution is -0.136. The van der Waals surface area contributed by atoms with Gasteiger partial charge in [-0.2, -0.15) is 10.1 Å². The lowest BCUT2D eigenvalue weighted by Crippen LogP contribution is -2.52. The van der Waals surface area contributed by atoms with Crippen molar-refractivity contribution in [1.29, 1.82) is 0 Å². The van der Waals surface area contributed by atoms with Crippen molar-refractivity contribution in [2.75, 3.05) is 66.2 Å². The number of anilines is 6. The number of carbonyl (C=O) groups excluding carboxylic acids is 3. The fourth-order valence-electron chi connectivity index (χ4n) is 8.70. The maximum absolute atomic E-state index is 13.1. The zero-order valence-corrected chi connectivity index (χ0v) is 32.7. The van der Waals surface area contributed by atoms with Gasteiger partial charge in [0.2, 0.25) is 17.8 Å². The average molecular weight is 769 g/mol. The van der Waals surface area contributed by atoms with Crippen LogP contribution < -0.4 is 25.8 Å². The first-order valence-electron chi connectivity index (χ1n) is 19.9. The van der Waals surface area contributed by atoms with Crippen LogP contribution in [0.2, 0.25) is 0 Å². The van der Waals surface area contributed by atoms with E-state index in [1.54, 1.807) is 9.58 Å². The molecule has 5 aromatic rings. The number of piperidine rings is 2. The molecule has 3 amide bonds. The van der Waals surface area contributed by atoms with Crippen LogP contribution in [0.3, 0.4) is 0 Å². The van der Waals surface area contributed by atoms with Crippen molar-refractivity contribution in [2.45, 2.75) is 52.1 Å². The molecule has 3 saturated heterocycles. The van der Waals surface area contributed by atoms with E-state index in [2.05, 4.69) is 91.9 Å². The number of carbonyl (C=O) groups is 3. The molecule has 1 unspecified atom stereocenters. The van der Waals surface area contributed by atoms with Crippen molar-refractivity contribution in [3.8, 4) is 0 Å². The normalized spacial score (nSPS) is 19.3. The second-order valence-electron chi connectivity index (χ2n) is 15.7. The zero-order valence-electron chi connectivity index (χ0n) is 32.7. The zero-order chi connectivity index (χ0) is 39.2. The number of amides is 3. The van der Waals surface area contributed by atoms with Gasteiger partial charge in [-0.25, -0.2) is 14.6 Å². The monoisotopic (exact) mass is 768 g/mol. The van der Waals surface area contributed by atoms with E-state index in [0.29, 0.717) is 36.1 Å². The molecule has 3 aromatic heterocycles. The molecular formula is C42H48N12O3. The quantitative estimate of drug-likeness (QED) is 0.179. The van der Waals surface area contributed by atoms with E-state index in [1.165, 1.54) is 5.69 Å². The van der Waals surface area contributed by atoms with Gasteiger partial charge >= 0.3 is 0 Å². The SMILES string of the molecule is Cc1cccc(C)c1Nc1nn(C)c2nc(Nc3ccc(N4CCN(CC5CCN(c6ccc7c(n6)CN(C6CCC(=O)NC6=O)C7=O)CC5)CC4)cc3)ncc12. The third-order valence-electron chi connectivity index (χ3n) is 12.0. The van der Waals surface area contributed by atoms with Crippen LogP contribution in [-0.2, 0) is 23.2 Å². The van der Waals surface area contributed by atoms with Gasteiger partial charge in [0.1, 0.15) is 11.9 Å². The van der Waals surface area contributed by atoms with Gasteiger partial charge in [-0.1, -0.05) is 18.2 Å². The second-order valence-corrected chi connectivity index (χ2v) is 15.7. The van der Waals surface area contributed by atoms with Crippen LogP contribution in [0.4, 0.5) is 34.6 Å². The Bertz CT molecular complexity index is 2320. The molecule has 0 aliphatic carbocycles. The molecule has 294 valence electrons. The molecule has 4 aliphatic rings. The number of hydrogen-bond acceptors (Lipinski definition) is 12. The molecule has 9 rings (SSSR count). The summed E-state index contributed by atoms with van der Waals surface area (Å²) in [6, 6.07) is 17.9. The van der Waals surface area contributed by atoms with Crippen molar-refractivity contribution in [3.05, 3.63) is 83.2 Å². The molecule has 3 fully saturated rings. The van der Waals surface area contributed by atoms with E-state index >= 15 is 0 Å². The molecule has 15 heteroatoms. The Morgan fingerprint density at radius 3 is 2.32 bits per heavy atom. The standard InChI is InChI=1S/C42H48N12O3/c1-26-5-4-6-27(2)37(26)47-38-32-23-43-42(48-39(32)50(3)49-38)44-29-7-9-30(10-8-29)52-21-19-51(20-22-52)24-28-15-17-53(18-16-28)35-13-11-31-33(45-35)25-54(41(31)57)34-12-14-36(55)46-40(34)56/h4-11,13,23,28,34H,12,14-22,24-25H2,1-3H3,(H,47,49)(H,43,44,48)(H,46,55,56). The Kier molecular flexibility index (Phi) is 9.68. The van der Waals surface area contributed by atoms with Gasteiger partial charge in [0.25, 0.3) is 5.91 Å². The summed E-state index contributed by atoms with van der Waals surface area (Å²) in [5, 5.41) is 14.8. The maximum atomic E-state index is 13.1. The molecule has 15 nitrogen and oxygen atoms in total. The fourth-order valence-corrected chi connectivity index (χ4v) is 8.70. The Hall–Kier alpha value is -6.09. The van der Waals surface area contributed by atoms with Gasteiger partial charge in [0.15, 0.2) is 11.5 Å². The molecule has 57 heavy (non-hydrogen) atoms. The van der Waals surface area contributed by atoms with Gasteiger partial charge in [-0.05, 0) is 86.6 Å². The number of benzene rings is 2. The van der Waals surface area contributed by atoms with Crippen LogP contribution in [-0.4, -0.2) is 104 Å². The fraction of sp³-hybridized carbons (Fsp3) is 0.405.